The van der Waals surface area contributed by atoms with E-state index >= 15 is 0 Å². The van der Waals surface area contributed by atoms with E-state index in [4.69, 9.17) is 0 Å². The molecule has 2 N–H and O–H groups in total. The Morgan fingerprint density at radius 1 is 1.20 bits per heavy atom. The molecule has 0 heterocycles. The van der Waals surface area contributed by atoms with E-state index in [1.165, 1.54) is 25.7 Å². The number of carbonyl (C=O) groups is 1. The number of hydrogen-bond acceptors (Lipinski definition) is 2. The lowest BCUT2D eigenvalue weighted by molar-refractivity contribution is -0.130. The van der Waals surface area contributed by atoms with Crippen LogP contribution in [0.2, 0.25) is 0 Å². The summed E-state index contributed by atoms with van der Waals surface area (Å²) in [6, 6.07) is 10.1. The van der Waals surface area contributed by atoms with E-state index < -0.39 is 0 Å². The van der Waals surface area contributed by atoms with Gasteiger partial charge in [-0.3, -0.25) is 9.79 Å². The molecule has 0 bridgehead atoms. The first-order valence-electron chi connectivity index (χ1n) is 9.38. The summed E-state index contributed by atoms with van der Waals surface area (Å²) in [4.78, 5) is 18.6. The third-order valence-electron chi connectivity index (χ3n) is 5.38. The molecule has 0 radical (unpaired) electrons. The molecule has 1 fully saturated rings. The van der Waals surface area contributed by atoms with E-state index in [0.717, 1.165) is 12.1 Å². The topological polar surface area (TPSA) is 56.7 Å². The van der Waals surface area contributed by atoms with Gasteiger partial charge in [0.1, 0.15) is 0 Å². The summed E-state index contributed by atoms with van der Waals surface area (Å²) < 4.78 is 0. The first-order chi connectivity index (χ1) is 12.1. The molecule has 1 aromatic rings. The van der Waals surface area contributed by atoms with Crippen LogP contribution in [0.1, 0.15) is 45.1 Å². The van der Waals surface area contributed by atoms with Crippen molar-refractivity contribution >= 4 is 11.9 Å². The van der Waals surface area contributed by atoms with Crippen molar-refractivity contribution in [3.05, 3.63) is 35.9 Å². The molecule has 5 nitrogen and oxygen atoms in total. The molecular formula is C20H32N4O. The Hall–Kier alpha value is -2.04. The van der Waals surface area contributed by atoms with Crippen LogP contribution in [-0.2, 0) is 11.3 Å². The maximum absolute atomic E-state index is 12.5. The third-order valence-corrected chi connectivity index (χ3v) is 5.38. The highest BCUT2D eigenvalue weighted by molar-refractivity contribution is 5.86. The second-order valence-corrected chi connectivity index (χ2v) is 6.88. The van der Waals surface area contributed by atoms with E-state index in [1.54, 1.807) is 7.05 Å². The minimum Gasteiger partial charge on any atom is -0.356 e. The summed E-state index contributed by atoms with van der Waals surface area (Å²) in [7, 11) is 1.75. The van der Waals surface area contributed by atoms with Gasteiger partial charge in [0.2, 0.25) is 5.91 Å². The second-order valence-electron chi connectivity index (χ2n) is 6.88. The minimum atomic E-state index is 0.0863. The van der Waals surface area contributed by atoms with Crippen LogP contribution in [0.5, 0.6) is 0 Å². The number of amides is 1. The summed E-state index contributed by atoms with van der Waals surface area (Å²) in [5.74, 6) is 0.798. The molecule has 1 aliphatic carbocycles. The smallest absolute Gasteiger partial charge is 0.242 e. The fraction of sp³-hybridized carbons (Fsp3) is 0.600. The Balaban J connectivity index is 1.79. The zero-order chi connectivity index (χ0) is 18.1. The summed E-state index contributed by atoms with van der Waals surface area (Å²) in [6.07, 6.45) is 5.09. The standard InChI is InChI=1S/C20H32N4O/c1-4-20(12-9-13-20)16-23-19(21-3)22-14-18(25)24(5-2)15-17-10-7-6-8-11-17/h6-8,10-11H,4-5,9,12-16H2,1-3H3,(H2,21,22,23). The van der Waals surface area contributed by atoms with Crippen molar-refractivity contribution in [1.29, 1.82) is 0 Å². The lowest BCUT2D eigenvalue weighted by atomic mass is 9.67. The van der Waals surface area contributed by atoms with E-state index in [1.807, 2.05) is 42.2 Å². The zero-order valence-corrected chi connectivity index (χ0v) is 15.8. The second kappa shape index (κ2) is 9.44. The number of guanidine groups is 1. The van der Waals surface area contributed by atoms with E-state index in [2.05, 4.69) is 22.5 Å². The van der Waals surface area contributed by atoms with E-state index in [-0.39, 0.29) is 12.5 Å². The van der Waals surface area contributed by atoms with Crippen LogP contribution in [0.4, 0.5) is 0 Å². The molecule has 138 valence electrons. The molecule has 1 saturated carbocycles. The van der Waals surface area contributed by atoms with Crippen molar-refractivity contribution in [3.8, 4) is 0 Å². The molecule has 0 unspecified atom stereocenters. The molecule has 0 aromatic heterocycles. The molecule has 0 spiro atoms. The number of carbonyl (C=O) groups excluding carboxylic acids is 1. The summed E-state index contributed by atoms with van der Waals surface area (Å²) in [5, 5.41) is 6.56. The Kier molecular flexibility index (Phi) is 7.29. The van der Waals surface area contributed by atoms with Gasteiger partial charge >= 0.3 is 0 Å². The average Bonchev–Trinajstić information content (AvgIpc) is 2.62. The van der Waals surface area contributed by atoms with Gasteiger partial charge in [0.25, 0.3) is 0 Å². The highest BCUT2D eigenvalue weighted by atomic mass is 16.2. The first kappa shape index (κ1) is 19.3. The number of nitrogens with zero attached hydrogens (tertiary/aromatic N) is 2. The van der Waals surface area contributed by atoms with E-state index in [0.29, 0.717) is 24.5 Å². The molecule has 0 saturated heterocycles. The Bertz CT molecular complexity index is 561. The van der Waals surface area contributed by atoms with Gasteiger partial charge in [-0.1, -0.05) is 43.7 Å². The van der Waals surface area contributed by atoms with Crippen LogP contribution in [-0.4, -0.2) is 43.4 Å². The molecule has 1 amide bonds. The highest BCUT2D eigenvalue weighted by Gasteiger charge is 2.34. The van der Waals surface area contributed by atoms with Crippen molar-refractivity contribution in [2.45, 2.75) is 46.1 Å². The van der Waals surface area contributed by atoms with Gasteiger partial charge in [0.05, 0.1) is 6.54 Å². The molecule has 1 aliphatic rings. The normalized spacial score (nSPS) is 16.0. The Morgan fingerprint density at radius 2 is 1.92 bits per heavy atom. The molecule has 5 heteroatoms. The zero-order valence-electron chi connectivity index (χ0n) is 15.8. The Labute approximate surface area is 151 Å². The molecule has 1 aromatic carbocycles. The monoisotopic (exact) mass is 344 g/mol. The summed E-state index contributed by atoms with van der Waals surface area (Å²) >= 11 is 0. The Morgan fingerprint density at radius 3 is 2.44 bits per heavy atom. The van der Waals surface area contributed by atoms with Crippen molar-refractivity contribution < 1.29 is 4.79 Å². The van der Waals surface area contributed by atoms with Gasteiger partial charge in [-0.2, -0.15) is 0 Å². The van der Waals surface area contributed by atoms with Crippen molar-refractivity contribution in [2.24, 2.45) is 10.4 Å². The van der Waals surface area contributed by atoms with Crippen LogP contribution in [0, 0.1) is 5.41 Å². The van der Waals surface area contributed by atoms with Crippen LogP contribution in [0.3, 0.4) is 0 Å². The van der Waals surface area contributed by atoms with Crippen molar-refractivity contribution in [2.75, 3.05) is 26.7 Å². The van der Waals surface area contributed by atoms with Gasteiger partial charge in [-0.05, 0) is 37.2 Å². The molecule has 2 rings (SSSR count). The van der Waals surface area contributed by atoms with Crippen molar-refractivity contribution in [3.63, 3.8) is 0 Å². The van der Waals surface area contributed by atoms with Crippen LogP contribution >= 0.6 is 0 Å². The number of hydrogen-bond donors (Lipinski definition) is 2. The molecule has 25 heavy (non-hydrogen) atoms. The third kappa shape index (κ3) is 5.48. The lowest BCUT2D eigenvalue weighted by Crippen LogP contribution is -2.48. The number of aliphatic imine (C=N–C) groups is 1. The van der Waals surface area contributed by atoms with Gasteiger partial charge in [-0.25, -0.2) is 0 Å². The van der Waals surface area contributed by atoms with Crippen LogP contribution in [0.25, 0.3) is 0 Å². The largest absolute Gasteiger partial charge is 0.356 e. The van der Waals surface area contributed by atoms with Gasteiger partial charge in [0.15, 0.2) is 5.96 Å². The van der Waals surface area contributed by atoms with Gasteiger partial charge < -0.3 is 15.5 Å². The summed E-state index contributed by atoms with van der Waals surface area (Å²) in [5.41, 5.74) is 1.57. The summed E-state index contributed by atoms with van der Waals surface area (Å²) in [6.45, 7) is 6.79. The molecular weight excluding hydrogens is 312 g/mol. The molecule has 0 atom stereocenters. The maximum Gasteiger partial charge on any atom is 0.242 e. The quantitative estimate of drug-likeness (QED) is 0.563. The van der Waals surface area contributed by atoms with Crippen LogP contribution in [0.15, 0.2) is 35.3 Å². The van der Waals surface area contributed by atoms with Gasteiger partial charge in [0, 0.05) is 26.7 Å². The lowest BCUT2D eigenvalue weighted by Gasteiger charge is -2.41. The SMILES string of the molecule is CCN(Cc1ccccc1)C(=O)CNC(=NC)NCC1(CC)CCC1. The number of benzene rings is 1. The maximum atomic E-state index is 12.5. The first-order valence-corrected chi connectivity index (χ1v) is 9.38. The fourth-order valence-corrected chi connectivity index (χ4v) is 3.28. The molecule has 0 aliphatic heterocycles. The number of rotatable bonds is 8. The average molecular weight is 345 g/mol. The van der Waals surface area contributed by atoms with Gasteiger partial charge in [-0.15, -0.1) is 0 Å². The predicted molar refractivity (Wildman–Crippen MR) is 103 cm³/mol. The number of nitrogens with one attached hydrogen (secondary N) is 2. The highest BCUT2D eigenvalue weighted by Crippen LogP contribution is 2.42. The van der Waals surface area contributed by atoms with Crippen LogP contribution < -0.4 is 10.6 Å². The van der Waals surface area contributed by atoms with E-state index in [9.17, 15) is 4.79 Å². The fourth-order valence-electron chi connectivity index (χ4n) is 3.28. The number of likely N-dealkylation sites (N-methyl/N-ethyl adjacent to an activating group) is 1. The predicted octanol–water partition coefficient (Wildman–Crippen LogP) is 2.78. The van der Waals surface area contributed by atoms with Crippen molar-refractivity contribution in [1.82, 2.24) is 15.5 Å². The minimum absolute atomic E-state index is 0.0863.